The van der Waals surface area contributed by atoms with Crippen LogP contribution in [0.2, 0.25) is 0 Å². The van der Waals surface area contributed by atoms with Crippen LogP contribution < -0.4 is 10.0 Å². The molecule has 0 amide bonds. The standard InChI is InChI=1S/C20H24N2O5S/c1-14(15-6-3-2-4-7-15)22-18-10-9-16(20(23)24)12-19(18)28(25,26)21-13-17-8-5-11-27-17/h2-4,6-7,9-10,12,14,17,21-22H,5,8,11,13H2,1H3,(H,23,24). The van der Waals surface area contributed by atoms with Crippen molar-refractivity contribution in [2.75, 3.05) is 18.5 Å². The minimum Gasteiger partial charge on any atom is -0.478 e. The van der Waals surface area contributed by atoms with E-state index < -0.39 is 16.0 Å². The van der Waals surface area contributed by atoms with Gasteiger partial charge in [0.15, 0.2) is 0 Å². The molecule has 0 saturated carbocycles. The second-order valence-corrected chi connectivity index (χ2v) is 8.52. The summed E-state index contributed by atoms with van der Waals surface area (Å²) in [7, 11) is -3.92. The molecule has 0 aromatic heterocycles. The first-order valence-corrected chi connectivity index (χ1v) is 10.7. The minimum absolute atomic E-state index is 0.0876. The van der Waals surface area contributed by atoms with Crippen LogP contribution in [0.4, 0.5) is 5.69 Å². The zero-order chi connectivity index (χ0) is 20.1. The Balaban J connectivity index is 1.88. The minimum atomic E-state index is -3.92. The van der Waals surface area contributed by atoms with Gasteiger partial charge >= 0.3 is 5.97 Å². The van der Waals surface area contributed by atoms with E-state index in [-0.39, 0.29) is 29.1 Å². The summed E-state index contributed by atoms with van der Waals surface area (Å²) < 4.78 is 33.8. The molecule has 150 valence electrons. The van der Waals surface area contributed by atoms with E-state index in [2.05, 4.69) is 10.0 Å². The molecular weight excluding hydrogens is 380 g/mol. The molecule has 2 aromatic rings. The number of benzene rings is 2. The van der Waals surface area contributed by atoms with Crippen LogP contribution >= 0.6 is 0 Å². The van der Waals surface area contributed by atoms with Crippen LogP contribution in [0.15, 0.2) is 53.4 Å². The molecule has 8 heteroatoms. The molecule has 28 heavy (non-hydrogen) atoms. The zero-order valence-corrected chi connectivity index (χ0v) is 16.4. The fraction of sp³-hybridized carbons (Fsp3) is 0.350. The maximum atomic E-state index is 12.9. The van der Waals surface area contributed by atoms with Gasteiger partial charge in [0.2, 0.25) is 10.0 Å². The van der Waals surface area contributed by atoms with Crippen LogP contribution in [-0.4, -0.2) is 38.7 Å². The molecule has 1 fully saturated rings. The molecule has 0 bridgehead atoms. The predicted molar refractivity (Wildman–Crippen MR) is 106 cm³/mol. The summed E-state index contributed by atoms with van der Waals surface area (Å²) in [6.07, 6.45) is 1.55. The fourth-order valence-electron chi connectivity index (χ4n) is 3.14. The average molecular weight is 404 g/mol. The number of carboxylic acid groups (broad SMARTS) is 1. The Hall–Kier alpha value is -2.42. The molecule has 0 aliphatic carbocycles. The maximum absolute atomic E-state index is 12.9. The van der Waals surface area contributed by atoms with Gasteiger partial charge in [-0.2, -0.15) is 0 Å². The van der Waals surface area contributed by atoms with Gasteiger partial charge in [-0.05, 0) is 43.5 Å². The van der Waals surface area contributed by atoms with E-state index in [0.717, 1.165) is 18.4 Å². The number of hydrogen-bond donors (Lipinski definition) is 3. The molecule has 2 unspecified atom stereocenters. The molecule has 7 nitrogen and oxygen atoms in total. The van der Waals surface area contributed by atoms with Crippen LogP contribution in [0.25, 0.3) is 0 Å². The predicted octanol–water partition coefficient (Wildman–Crippen LogP) is 3.02. The van der Waals surface area contributed by atoms with Gasteiger partial charge in [-0.15, -0.1) is 0 Å². The van der Waals surface area contributed by atoms with Crippen LogP contribution in [0.3, 0.4) is 0 Å². The van der Waals surface area contributed by atoms with E-state index >= 15 is 0 Å². The molecule has 1 aliphatic heterocycles. The van der Waals surface area contributed by atoms with Crippen molar-refractivity contribution in [2.24, 2.45) is 0 Å². The largest absolute Gasteiger partial charge is 0.478 e. The first-order valence-electron chi connectivity index (χ1n) is 9.17. The molecule has 1 aliphatic rings. The van der Waals surface area contributed by atoms with E-state index in [4.69, 9.17) is 4.74 Å². The lowest BCUT2D eigenvalue weighted by molar-refractivity contribution is 0.0696. The number of carbonyl (C=O) groups is 1. The smallest absolute Gasteiger partial charge is 0.335 e. The number of sulfonamides is 1. The fourth-order valence-corrected chi connectivity index (χ4v) is 4.40. The highest BCUT2D eigenvalue weighted by molar-refractivity contribution is 7.89. The van der Waals surface area contributed by atoms with E-state index in [1.54, 1.807) is 0 Å². The summed E-state index contributed by atoms with van der Waals surface area (Å²) >= 11 is 0. The van der Waals surface area contributed by atoms with Gasteiger partial charge in [0.25, 0.3) is 0 Å². The highest BCUT2D eigenvalue weighted by atomic mass is 32.2. The lowest BCUT2D eigenvalue weighted by Crippen LogP contribution is -2.32. The molecule has 2 atom stereocenters. The van der Waals surface area contributed by atoms with Gasteiger partial charge in [-0.3, -0.25) is 0 Å². The van der Waals surface area contributed by atoms with E-state index in [1.165, 1.54) is 18.2 Å². The van der Waals surface area contributed by atoms with Crippen molar-refractivity contribution in [1.82, 2.24) is 4.72 Å². The molecular formula is C20H24N2O5S. The molecule has 3 N–H and O–H groups in total. The Morgan fingerprint density at radius 2 is 2.00 bits per heavy atom. The number of aromatic carboxylic acids is 1. The van der Waals surface area contributed by atoms with Gasteiger partial charge in [0.05, 0.1) is 17.4 Å². The summed E-state index contributed by atoms with van der Waals surface area (Å²) in [4.78, 5) is 11.3. The van der Waals surface area contributed by atoms with Gasteiger partial charge in [-0.25, -0.2) is 17.9 Å². The highest BCUT2D eigenvalue weighted by Crippen LogP contribution is 2.27. The van der Waals surface area contributed by atoms with Crippen LogP contribution in [-0.2, 0) is 14.8 Å². The highest BCUT2D eigenvalue weighted by Gasteiger charge is 2.24. The zero-order valence-electron chi connectivity index (χ0n) is 15.6. The summed E-state index contributed by atoms with van der Waals surface area (Å²) in [5.41, 5.74) is 1.25. The number of ether oxygens (including phenoxy) is 1. The number of nitrogens with one attached hydrogen (secondary N) is 2. The van der Waals surface area contributed by atoms with Gasteiger partial charge in [0.1, 0.15) is 4.90 Å². The van der Waals surface area contributed by atoms with Gasteiger partial charge < -0.3 is 15.2 Å². The maximum Gasteiger partial charge on any atom is 0.335 e. The normalized spacial score (nSPS) is 18.0. The summed E-state index contributed by atoms with van der Waals surface area (Å²) in [5.74, 6) is -1.18. The second-order valence-electron chi connectivity index (χ2n) is 6.78. The number of hydrogen-bond acceptors (Lipinski definition) is 5. The monoisotopic (exact) mass is 404 g/mol. The quantitative estimate of drug-likeness (QED) is 0.625. The SMILES string of the molecule is CC(Nc1ccc(C(=O)O)cc1S(=O)(=O)NCC1CCCO1)c1ccccc1. The van der Waals surface area contributed by atoms with Crippen LogP contribution in [0.5, 0.6) is 0 Å². The van der Waals surface area contributed by atoms with Crippen molar-refractivity contribution >= 4 is 21.7 Å². The molecule has 2 aromatic carbocycles. The third kappa shape index (κ3) is 4.89. The lowest BCUT2D eigenvalue weighted by atomic mass is 10.1. The van der Waals surface area contributed by atoms with E-state index in [0.29, 0.717) is 12.3 Å². The van der Waals surface area contributed by atoms with E-state index in [1.807, 2.05) is 37.3 Å². The summed E-state index contributed by atoms with van der Waals surface area (Å²) in [6, 6.07) is 13.5. The molecule has 0 spiro atoms. The second kappa shape index (κ2) is 8.72. The van der Waals surface area contributed by atoms with Crippen molar-refractivity contribution in [1.29, 1.82) is 0 Å². The third-order valence-corrected chi connectivity index (χ3v) is 6.18. The first-order chi connectivity index (χ1) is 13.4. The van der Waals surface area contributed by atoms with Crippen molar-refractivity contribution in [3.63, 3.8) is 0 Å². The Bertz CT molecular complexity index is 925. The molecule has 1 heterocycles. The number of carboxylic acids is 1. The summed E-state index contributed by atoms with van der Waals surface area (Å²) in [6.45, 7) is 2.70. The summed E-state index contributed by atoms with van der Waals surface area (Å²) in [5, 5.41) is 12.5. The Labute approximate surface area is 164 Å². The third-order valence-electron chi connectivity index (χ3n) is 4.71. The van der Waals surface area contributed by atoms with Crippen molar-refractivity contribution in [2.45, 2.75) is 36.8 Å². The Morgan fingerprint density at radius 1 is 1.25 bits per heavy atom. The van der Waals surface area contributed by atoms with Gasteiger partial charge in [0, 0.05) is 19.2 Å². The molecule has 0 radical (unpaired) electrons. The number of rotatable bonds is 8. The van der Waals surface area contributed by atoms with Crippen molar-refractivity contribution in [3.05, 3.63) is 59.7 Å². The van der Waals surface area contributed by atoms with Crippen molar-refractivity contribution < 1.29 is 23.1 Å². The first kappa shape index (κ1) is 20.3. The van der Waals surface area contributed by atoms with Gasteiger partial charge in [-0.1, -0.05) is 30.3 Å². The lowest BCUT2D eigenvalue weighted by Gasteiger charge is -2.20. The van der Waals surface area contributed by atoms with Crippen molar-refractivity contribution in [3.8, 4) is 0 Å². The van der Waals surface area contributed by atoms with Crippen LogP contribution in [0, 0.1) is 0 Å². The topological polar surface area (TPSA) is 105 Å². The molecule has 1 saturated heterocycles. The average Bonchev–Trinajstić information content (AvgIpc) is 3.21. The Kier molecular flexibility index (Phi) is 6.33. The molecule has 3 rings (SSSR count). The van der Waals surface area contributed by atoms with E-state index in [9.17, 15) is 18.3 Å². The Morgan fingerprint density at radius 3 is 2.64 bits per heavy atom. The van der Waals surface area contributed by atoms with Crippen LogP contribution in [0.1, 0.15) is 41.7 Å². The number of anilines is 1.